The van der Waals surface area contributed by atoms with E-state index in [4.69, 9.17) is 9.84 Å². The van der Waals surface area contributed by atoms with Gasteiger partial charge in [-0.3, -0.25) is 5.32 Å². The molecule has 5 N–H and O–H groups in total. The molecule has 1 saturated carbocycles. The topological polar surface area (TPSA) is 125 Å². The summed E-state index contributed by atoms with van der Waals surface area (Å²) < 4.78 is 5.90. The number of nitrogens with one attached hydrogen (secondary N) is 4. The zero-order valence-electron chi connectivity index (χ0n) is 20.3. The Labute approximate surface area is 202 Å². The van der Waals surface area contributed by atoms with Crippen LogP contribution in [0.5, 0.6) is 5.88 Å². The lowest BCUT2D eigenvalue weighted by atomic mass is 9.83. The zero-order chi connectivity index (χ0) is 24.3. The van der Waals surface area contributed by atoms with Crippen LogP contribution in [0, 0.1) is 11.8 Å². The van der Waals surface area contributed by atoms with Crippen molar-refractivity contribution in [1.82, 2.24) is 26.3 Å². The van der Waals surface area contributed by atoms with Crippen LogP contribution in [0.2, 0.25) is 0 Å². The van der Waals surface area contributed by atoms with Crippen molar-refractivity contribution in [3.05, 3.63) is 35.7 Å². The molecule has 0 saturated heterocycles. The van der Waals surface area contributed by atoms with E-state index in [0.29, 0.717) is 24.8 Å². The number of pyridine rings is 1. The third kappa shape index (κ3) is 8.52. The number of carboxylic acids is 1. The van der Waals surface area contributed by atoms with E-state index in [-0.39, 0.29) is 24.1 Å². The van der Waals surface area contributed by atoms with Gasteiger partial charge in [0.1, 0.15) is 6.10 Å². The first-order valence-electron chi connectivity index (χ1n) is 12.5. The number of hydrogen-bond donors (Lipinski definition) is 5. The van der Waals surface area contributed by atoms with Crippen molar-refractivity contribution in [2.45, 2.75) is 77.6 Å². The summed E-state index contributed by atoms with van der Waals surface area (Å²) in [7, 11) is 0. The molecule has 2 atom stereocenters. The first kappa shape index (κ1) is 25.8. The molecule has 1 fully saturated rings. The summed E-state index contributed by atoms with van der Waals surface area (Å²) in [5.74, 6) is 0.697. The molecule has 1 aromatic rings. The van der Waals surface area contributed by atoms with Crippen molar-refractivity contribution in [1.29, 1.82) is 0 Å². The summed E-state index contributed by atoms with van der Waals surface area (Å²) in [5, 5.41) is 21.9. The molecule has 188 valence electrons. The Balaban J connectivity index is 1.52. The van der Waals surface area contributed by atoms with Gasteiger partial charge in [0.2, 0.25) is 5.88 Å². The average molecular weight is 474 g/mol. The molecule has 1 heterocycles. The van der Waals surface area contributed by atoms with E-state index in [1.807, 2.05) is 6.92 Å². The number of urea groups is 1. The highest BCUT2D eigenvalue weighted by Gasteiger charge is 2.22. The molecule has 0 bridgehead atoms. The van der Waals surface area contributed by atoms with Crippen molar-refractivity contribution in [3.8, 4) is 5.88 Å². The Morgan fingerprint density at radius 1 is 1.21 bits per heavy atom. The summed E-state index contributed by atoms with van der Waals surface area (Å²) >= 11 is 0. The van der Waals surface area contributed by atoms with E-state index < -0.39 is 5.97 Å². The van der Waals surface area contributed by atoms with Crippen molar-refractivity contribution >= 4 is 12.0 Å². The minimum absolute atomic E-state index is 0.0278. The van der Waals surface area contributed by atoms with E-state index in [0.717, 1.165) is 37.4 Å². The van der Waals surface area contributed by atoms with E-state index in [1.165, 1.54) is 31.7 Å². The Bertz CT molecular complexity index is 838. The van der Waals surface area contributed by atoms with Gasteiger partial charge in [0.05, 0.1) is 0 Å². The molecular weight excluding hydrogens is 434 g/mol. The first-order valence-corrected chi connectivity index (χ1v) is 12.5. The fourth-order valence-electron chi connectivity index (χ4n) is 4.38. The van der Waals surface area contributed by atoms with E-state index in [9.17, 15) is 9.59 Å². The highest BCUT2D eigenvalue weighted by Crippen LogP contribution is 2.27. The molecule has 2 aliphatic rings. The fraction of sp³-hybridized carbons (Fsp3) is 0.640. The minimum Gasteiger partial charge on any atom is -0.477 e. The summed E-state index contributed by atoms with van der Waals surface area (Å²) in [6.07, 6.45) is 9.74. The molecule has 1 aromatic heterocycles. The lowest BCUT2D eigenvalue weighted by Crippen LogP contribution is -2.57. The number of allylic oxidation sites excluding steroid dienone is 1. The lowest BCUT2D eigenvalue weighted by molar-refractivity contribution is 0.0688. The quantitative estimate of drug-likeness (QED) is 0.311. The molecule has 0 radical (unpaired) electrons. The first-order chi connectivity index (χ1) is 16.4. The number of carbonyl (C=O) groups excluding carboxylic acids is 1. The second-order valence-corrected chi connectivity index (χ2v) is 9.42. The molecule has 0 aromatic carbocycles. The van der Waals surface area contributed by atoms with Crippen molar-refractivity contribution in [3.63, 3.8) is 0 Å². The second kappa shape index (κ2) is 13.2. The SMILES string of the molecule is CCCNC(=O)NC(NC[C@H]1CC[C@H](C)CC1)NC1=CCC(Oc2cccc(C(=O)O)n2)CC1. The van der Waals surface area contributed by atoms with Crippen molar-refractivity contribution in [2.75, 3.05) is 13.1 Å². The maximum atomic E-state index is 12.3. The molecule has 0 aliphatic heterocycles. The van der Waals surface area contributed by atoms with Gasteiger partial charge in [-0.25, -0.2) is 14.6 Å². The molecule has 2 amide bonds. The van der Waals surface area contributed by atoms with E-state index in [1.54, 1.807) is 12.1 Å². The number of carbonyl (C=O) groups is 2. The highest BCUT2D eigenvalue weighted by atomic mass is 16.5. The monoisotopic (exact) mass is 473 g/mol. The number of hydrogen-bond acceptors (Lipinski definition) is 6. The number of rotatable bonds is 11. The lowest BCUT2D eigenvalue weighted by Gasteiger charge is -2.31. The Hall–Kier alpha value is -2.81. The van der Waals surface area contributed by atoms with Crippen LogP contribution < -0.4 is 26.0 Å². The third-order valence-electron chi connectivity index (χ3n) is 6.48. The number of aromatic carboxylic acids is 1. The molecule has 34 heavy (non-hydrogen) atoms. The van der Waals surface area contributed by atoms with Crippen LogP contribution in [0.1, 0.15) is 75.7 Å². The number of carboxylic acid groups (broad SMARTS) is 1. The molecular formula is C25H39N5O4. The van der Waals surface area contributed by atoms with Gasteiger partial charge in [0, 0.05) is 31.3 Å². The standard InChI is InChI=1S/C25H39N5O4/c1-3-15-26-25(33)30-24(27-16-18-9-7-17(2)8-10-18)28-19-11-13-20(14-12-19)34-22-6-4-5-21(29-22)23(31)32/h4-6,11,17-18,20,24,27-28H,3,7-10,12-16H2,1-2H3,(H,31,32)(H2,26,30,33)/t17-,18-,20?,24?. The molecule has 2 aliphatic carbocycles. The number of nitrogens with zero attached hydrogens (tertiary/aromatic N) is 1. The van der Waals surface area contributed by atoms with Crippen LogP contribution in [0.15, 0.2) is 30.0 Å². The van der Waals surface area contributed by atoms with Crippen LogP contribution in [0.25, 0.3) is 0 Å². The van der Waals surface area contributed by atoms with Crippen LogP contribution in [-0.4, -0.2) is 47.6 Å². The Morgan fingerprint density at radius 3 is 2.68 bits per heavy atom. The van der Waals surface area contributed by atoms with Gasteiger partial charge in [0.15, 0.2) is 12.0 Å². The molecule has 0 spiro atoms. The van der Waals surface area contributed by atoms with E-state index in [2.05, 4.69) is 39.3 Å². The fourth-order valence-corrected chi connectivity index (χ4v) is 4.38. The highest BCUT2D eigenvalue weighted by molar-refractivity contribution is 5.85. The number of amides is 2. The van der Waals surface area contributed by atoms with Crippen molar-refractivity contribution in [2.24, 2.45) is 11.8 Å². The number of ether oxygens (including phenoxy) is 1. The summed E-state index contributed by atoms with van der Waals surface area (Å²) in [4.78, 5) is 27.4. The smallest absolute Gasteiger partial charge is 0.354 e. The van der Waals surface area contributed by atoms with Gasteiger partial charge >= 0.3 is 12.0 Å². The van der Waals surface area contributed by atoms with Gasteiger partial charge in [-0.1, -0.05) is 38.8 Å². The summed E-state index contributed by atoms with van der Waals surface area (Å²) in [5.41, 5.74) is 1.03. The Morgan fingerprint density at radius 2 is 2.00 bits per heavy atom. The predicted octanol–water partition coefficient (Wildman–Crippen LogP) is 3.59. The van der Waals surface area contributed by atoms with Gasteiger partial charge < -0.3 is 25.8 Å². The molecule has 3 rings (SSSR count). The second-order valence-electron chi connectivity index (χ2n) is 9.42. The summed E-state index contributed by atoms with van der Waals surface area (Å²) in [6, 6.07) is 4.57. The maximum absolute atomic E-state index is 12.3. The Kier molecular flexibility index (Phi) is 10.00. The third-order valence-corrected chi connectivity index (χ3v) is 6.48. The van der Waals surface area contributed by atoms with Crippen LogP contribution in [0.4, 0.5) is 4.79 Å². The van der Waals surface area contributed by atoms with Gasteiger partial charge in [-0.05, 0) is 50.0 Å². The van der Waals surface area contributed by atoms with Crippen LogP contribution in [0.3, 0.4) is 0 Å². The van der Waals surface area contributed by atoms with Crippen LogP contribution >= 0.6 is 0 Å². The minimum atomic E-state index is -1.07. The van der Waals surface area contributed by atoms with Crippen molar-refractivity contribution < 1.29 is 19.4 Å². The zero-order valence-corrected chi connectivity index (χ0v) is 20.3. The largest absolute Gasteiger partial charge is 0.477 e. The normalized spacial score (nSPS) is 23.4. The predicted molar refractivity (Wildman–Crippen MR) is 130 cm³/mol. The molecule has 2 unspecified atom stereocenters. The molecule has 9 heteroatoms. The van der Waals surface area contributed by atoms with Gasteiger partial charge in [-0.2, -0.15) is 0 Å². The maximum Gasteiger partial charge on any atom is 0.354 e. The van der Waals surface area contributed by atoms with Gasteiger partial charge in [0.25, 0.3) is 0 Å². The van der Waals surface area contributed by atoms with E-state index >= 15 is 0 Å². The van der Waals surface area contributed by atoms with Gasteiger partial charge in [-0.15, -0.1) is 0 Å². The molecule has 9 nitrogen and oxygen atoms in total. The summed E-state index contributed by atoms with van der Waals surface area (Å²) in [6.45, 7) is 5.84. The number of aromatic nitrogens is 1. The average Bonchev–Trinajstić information content (AvgIpc) is 2.83. The van der Waals surface area contributed by atoms with Crippen LogP contribution in [-0.2, 0) is 0 Å².